The highest BCUT2D eigenvalue weighted by Gasteiger charge is 2.24. The van der Waals surface area contributed by atoms with Gasteiger partial charge in [0.1, 0.15) is 23.8 Å². The van der Waals surface area contributed by atoms with Crippen LogP contribution < -0.4 is 4.74 Å². The SMILES string of the molecule is N#CC1=C(F)C=C(c2ccc(OC=O)cc2)CC1F. The smallest absolute Gasteiger partial charge is 0.298 e. The number of benzene rings is 1. The van der Waals surface area contributed by atoms with Crippen molar-refractivity contribution < 1.29 is 18.3 Å². The molecule has 1 unspecified atom stereocenters. The van der Waals surface area contributed by atoms with Crippen LogP contribution in [0.15, 0.2) is 41.7 Å². The second-order valence-electron chi connectivity index (χ2n) is 3.95. The maximum Gasteiger partial charge on any atom is 0.298 e. The molecule has 2 rings (SSSR count). The van der Waals surface area contributed by atoms with Crippen LogP contribution in [0.25, 0.3) is 5.57 Å². The van der Waals surface area contributed by atoms with Crippen LogP contribution in [0.1, 0.15) is 12.0 Å². The number of nitrogens with zero attached hydrogens (tertiary/aromatic N) is 1. The number of nitriles is 1. The Morgan fingerprint density at radius 2 is 2.05 bits per heavy atom. The number of rotatable bonds is 3. The molecular formula is C14H9F2NO2. The highest BCUT2D eigenvalue weighted by Crippen LogP contribution is 2.33. The maximum absolute atomic E-state index is 13.6. The summed E-state index contributed by atoms with van der Waals surface area (Å²) < 4.78 is 31.7. The van der Waals surface area contributed by atoms with Gasteiger partial charge in [-0.05, 0) is 29.3 Å². The summed E-state index contributed by atoms with van der Waals surface area (Å²) in [6, 6.07) is 7.78. The van der Waals surface area contributed by atoms with Crippen molar-refractivity contribution in [1.82, 2.24) is 0 Å². The van der Waals surface area contributed by atoms with Gasteiger partial charge in [-0.15, -0.1) is 0 Å². The van der Waals surface area contributed by atoms with Gasteiger partial charge in [0.05, 0.1) is 5.57 Å². The average molecular weight is 261 g/mol. The lowest BCUT2D eigenvalue weighted by Gasteiger charge is -2.16. The minimum absolute atomic E-state index is 0.0514. The van der Waals surface area contributed by atoms with Gasteiger partial charge in [0, 0.05) is 6.42 Å². The molecule has 0 aromatic heterocycles. The van der Waals surface area contributed by atoms with Crippen LogP contribution in [0.2, 0.25) is 0 Å². The molecule has 0 bridgehead atoms. The molecule has 1 aliphatic carbocycles. The first-order valence-corrected chi connectivity index (χ1v) is 5.51. The van der Waals surface area contributed by atoms with Crippen molar-refractivity contribution in [1.29, 1.82) is 5.26 Å². The largest absolute Gasteiger partial charge is 0.429 e. The number of hydrogen-bond acceptors (Lipinski definition) is 3. The normalized spacial score (nSPS) is 18.6. The third kappa shape index (κ3) is 2.68. The summed E-state index contributed by atoms with van der Waals surface area (Å²) in [5, 5.41) is 8.62. The fraction of sp³-hybridized carbons (Fsp3) is 0.143. The van der Waals surface area contributed by atoms with Gasteiger partial charge in [-0.1, -0.05) is 12.1 Å². The van der Waals surface area contributed by atoms with Gasteiger partial charge in [0.25, 0.3) is 6.47 Å². The Labute approximate surface area is 108 Å². The number of ether oxygens (including phenoxy) is 1. The van der Waals surface area contributed by atoms with Crippen LogP contribution in [0.4, 0.5) is 8.78 Å². The molecule has 1 aromatic rings. The molecule has 1 atom stereocenters. The maximum atomic E-state index is 13.6. The summed E-state index contributed by atoms with van der Waals surface area (Å²) in [5.41, 5.74) is 0.611. The van der Waals surface area contributed by atoms with E-state index >= 15 is 0 Å². The number of halogens is 2. The molecule has 0 heterocycles. The van der Waals surface area contributed by atoms with Crippen LogP contribution in [0.5, 0.6) is 5.75 Å². The molecule has 0 spiro atoms. The first-order chi connectivity index (χ1) is 9.15. The van der Waals surface area contributed by atoms with Gasteiger partial charge in [0.15, 0.2) is 0 Å². The Kier molecular flexibility index (Phi) is 3.71. The Hall–Kier alpha value is -2.48. The Bertz CT molecular complexity index is 597. The molecule has 0 saturated heterocycles. The molecule has 0 radical (unpaired) electrons. The third-order valence-corrected chi connectivity index (χ3v) is 2.80. The second kappa shape index (κ2) is 5.44. The summed E-state index contributed by atoms with van der Waals surface area (Å²) in [7, 11) is 0. The first kappa shape index (κ1) is 13.0. The zero-order valence-electron chi connectivity index (χ0n) is 9.77. The lowest BCUT2D eigenvalue weighted by atomic mass is 9.92. The van der Waals surface area contributed by atoms with E-state index in [-0.39, 0.29) is 6.42 Å². The van der Waals surface area contributed by atoms with E-state index in [0.717, 1.165) is 6.08 Å². The number of carbonyl (C=O) groups excluding carboxylic acids is 1. The molecule has 96 valence electrons. The van der Waals surface area contributed by atoms with E-state index in [1.807, 2.05) is 0 Å². The molecular weight excluding hydrogens is 252 g/mol. The van der Waals surface area contributed by atoms with E-state index in [1.165, 1.54) is 18.2 Å². The Morgan fingerprint density at radius 3 is 2.58 bits per heavy atom. The summed E-state index contributed by atoms with van der Waals surface area (Å²) in [6.45, 7) is 0.300. The molecule has 1 aliphatic rings. The quantitative estimate of drug-likeness (QED) is 0.785. The number of hydrogen-bond donors (Lipinski definition) is 0. The molecule has 0 aliphatic heterocycles. The highest BCUT2D eigenvalue weighted by atomic mass is 19.1. The van der Waals surface area contributed by atoms with E-state index in [0.29, 0.717) is 23.4 Å². The summed E-state index contributed by atoms with van der Waals surface area (Å²) in [5.74, 6) is -0.495. The minimum atomic E-state index is -1.63. The van der Waals surface area contributed by atoms with Gasteiger partial charge in [-0.25, -0.2) is 8.78 Å². The lowest BCUT2D eigenvalue weighted by Crippen LogP contribution is -2.10. The zero-order valence-corrected chi connectivity index (χ0v) is 9.77. The fourth-order valence-electron chi connectivity index (χ4n) is 1.86. The fourth-order valence-corrected chi connectivity index (χ4v) is 1.86. The van der Waals surface area contributed by atoms with Gasteiger partial charge in [-0.3, -0.25) is 4.79 Å². The first-order valence-electron chi connectivity index (χ1n) is 5.51. The predicted octanol–water partition coefficient (Wildman–Crippen LogP) is 3.09. The van der Waals surface area contributed by atoms with Crippen LogP contribution in [-0.2, 0) is 4.79 Å². The molecule has 3 nitrogen and oxygen atoms in total. The average Bonchev–Trinajstić information content (AvgIpc) is 2.39. The Balaban J connectivity index is 2.31. The van der Waals surface area contributed by atoms with Crippen LogP contribution in [0, 0.1) is 11.3 Å². The number of carbonyl (C=O) groups is 1. The van der Waals surface area contributed by atoms with E-state index in [2.05, 4.69) is 4.74 Å². The molecule has 5 heteroatoms. The van der Waals surface area contributed by atoms with Crippen molar-refractivity contribution in [3.05, 3.63) is 47.3 Å². The van der Waals surface area contributed by atoms with Gasteiger partial charge < -0.3 is 4.74 Å². The minimum Gasteiger partial charge on any atom is -0.429 e. The van der Waals surface area contributed by atoms with E-state index in [4.69, 9.17) is 5.26 Å². The molecule has 0 amide bonds. The van der Waals surface area contributed by atoms with Crippen molar-refractivity contribution in [2.75, 3.05) is 0 Å². The monoisotopic (exact) mass is 261 g/mol. The predicted molar refractivity (Wildman–Crippen MR) is 64.4 cm³/mol. The topological polar surface area (TPSA) is 50.1 Å². The lowest BCUT2D eigenvalue weighted by molar-refractivity contribution is -0.120. The molecule has 0 saturated carbocycles. The third-order valence-electron chi connectivity index (χ3n) is 2.80. The zero-order chi connectivity index (χ0) is 13.8. The van der Waals surface area contributed by atoms with Gasteiger partial charge >= 0.3 is 0 Å². The number of alkyl halides is 1. The van der Waals surface area contributed by atoms with E-state index in [9.17, 15) is 13.6 Å². The summed E-state index contributed by atoms with van der Waals surface area (Å²) in [6.07, 6.45) is -0.523. The standard InChI is InChI=1S/C14H9F2NO2/c15-13-5-10(6-14(16)12(13)7-17)9-1-3-11(4-2-9)19-8-18/h1-5,8,14H,6H2. The van der Waals surface area contributed by atoms with E-state index in [1.54, 1.807) is 12.1 Å². The Morgan fingerprint density at radius 1 is 1.37 bits per heavy atom. The van der Waals surface area contributed by atoms with Crippen molar-refractivity contribution in [2.24, 2.45) is 0 Å². The summed E-state index contributed by atoms with van der Waals surface area (Å²) in [4.78, 5) is 10.1. The van der Waals surface area contributed by atoms with E-state index < -0.39 is 17.6 Å². The second-order valence-corrected chi connectivity index (χ2v) is 3.95. The van der Waals surface area contributed by atoms with Crippen molar-refractivity contribution in [3.63, 3.8) is 0 Å². The molecule has 0 N–H and O–H groups in total. The summed E-state index contributed by atoms with van der Waals surface area (Å²) >= 11 is 0. The molecule has 0 fully saturated rings. The van der Waals surface area contributed by atoms with Crippen molar-refractivity contribution in [2.45, 2.75) is 12.6 Å². The van der Waals surface area contributed by atoms with Gasteiger partial charge in [-0.2, -0.15) is 5.26 Å². The van der Waals surface area contributed by atoms with Gasteiger partial charge in [0.2, 0.25) is 0 Å². The van der Waals surface area contributed by atoms with Crippen molar-refractivity contribution in [3.8, 4) is 11.8 Å². The number of allylic oxidation sites excluding steroid dienone is 4. The van der Waals surface area contributed by atoms with Crippen LogP contribution in [-0.4, -0.2) is 12.6 Å². The molecule has 1 aromatic carbocycles. The van der Waals surface area contributed by atoms with Crippen molar-refractivity contribution >= 4 is 12.0 Å². The highest BCUT2D eigenvalue weighted by molar-refractivity contribution is 5.71. The van der Waals surface area contributed by atoms with Crippen LogP contribution >= 0.6 is 0 Å². The molecule has 19 heavy (non-hydrogen) atoms. The van der Waals surface area contributed by atoms with Crippen LogP contribution in [0.3, 0.4) is 0 Å².